The highest BCUT2D eigenvalue weighted by atomic mass is 32.1. The van der Waals surface area contributed by atoms with Gasteiger partial charge in [-0.15, -0.1) is 11.3 Å². The molecule has 0 saturated carbocycles. The quantitative estimate of drug-likeness (QED) is 0.632. The molecule has 2 heterocycles. The van der Waals surface area contributed by atoms with E-state index in [0.29, 0.717) is 32.1 Å². The minimum Gasteiger partial charge on any atom is -0.490 e. The zero-order valence-electron chi connectivity index (χ0n) is 13.9. The summed E-state index contributed by atoms with van der Waals surface area (Å²) in [5, 5.41) is 10.9. The molecule has 1 aromatic carbocycles. The number of anilines is 1. The average molecular weight is 360 g/mol. The predicted molar refractivity (Wildman–Crippen MR) is 99.5 cm³/mol. The Hall–Kier alpha value is -2.74. The van der Waals surface area contributed by atoms with Gasteiger partial charge in [-0.3, -0.25) is 0 Å². The van der Waals surface area contributed by atoms with Gasteiger partial charge in [0.25, 0.3) is 0 Å². The molecule has 25 heavy (non-hydrogen) atoms. The minimum absolute atomic E-state index is 0.416. The van der Waals surface area contributed by atoms with Crippen molar-refractivity contribution >= 4 is 34.6 Å². The number of rotatable bonds is 5. The number of likely N-dealkylation sites (N-methyl/N-ethyl adjacent to an activating group) is 1. The van der Waals surface area contributed by atoms with E-state index >= 15 is 0 Å². The van der Waals surface area contributed by atoms with Crippen molar-refractivity contribution < 1.29 is 14.6 Å². The fourth-order valence-corrected chi connectivity index (χ4v) is 3.18. The van der Waals surface area contributed by atoms with E-state index in [0.717, 1.165) is 22.0 Å². The molecule has 1 aliphatic rings. The summed E-state index contributed by atoms with van der Waals surface area (Å²) in [7, 11) is 1.56. The number of amidine groups is 1. The number of ether oxygens (including phenoxy) is 1. The van der Waals surface area contributed by atoms with E-state index < -0.39 is 6.09 Å². The molecule has 0 atom stereocenters. The van der Waals surface area contributed by atoms with Crippen LogP contribution in [-0.4, -0.2) is 55.2 Å². The smallest absolute Gasteiger partial charge is 0.407 e. The van der Waals surface area contributed by atoms with Crippen LogP contribution in [-0.2, 0) is 0 Å². The van der Waals surface area contributed by atoms with Gasteiger partial charge in [0, 0.05) is 20.1 Å². The number of aliphatic imine (C=N–C) groups is 1. The molecule has 7 nitrogen and oxygen atoms in total. The van der Waals surface area contributed by atoms with Gasteiger partial charge in [0.05, 0.1) is 22.8 Å². The van der Waals surface area contributed by atoms with E-state index in [4.69, 9.17) is 15.6 Å². The second-order valence-electron chi connectivity index (χ2n) is 5.67. The van der Waals surface area contributed by atoms with Crippen LogP contribution in [0, 0.1) is 0 Å². The van der Waals surface area contributed by atoms with Crippen LogP contribution in [0.4, 0.5) is 16.2 Å². The van der Waals surface area contributed by atoms with Gasteiger partial charge in [-0.25, -0.2) is 9.79 Å². The van der Waals surface area contributed by atoms with E-state index in [9.17, 15) is 4.79 Å². The summed E-state index contributed by atoms with van der Waals surface area (Å²) in [6.07, 6.45) is -0.935. The number of thiophene rings is 1. The van der Waals surface area contributed by atoms with Crippen LogP contribution in [0.2, 0.25) is 0 Å². The lowest BCUT2D eigenvalue weighted by molar-refractivity contribution is 0.156. The first-order valence-electron chi connectivity index (χ1n) is 7.88. The molecule has 0 aliphatic carbocycles. The number of amides is 1. The van der Waals surface area contributed by atoms with Gasteiger partial charge in [-0.05, 0) is 29.6 Å². The lowest BCUT2D eigenvalue weighted by atomic mass is 10.2. The van der Waals surface area contributed by atoms with Gasteiger partial charge in [0.2, 0.25) is 0 Å². The standard InChI is InChI=1S/C17H20N4O3S/c1-20(17(22)23)6-7-21-8-9-24-14-5-4-12(11-13(14)21)19-16(18)15-3-2-10-25-15/h2-5,10-11H,6-9H2,1H3,(H2,18,19)(H,22,23). The summed E-state index contributed by atoms with van der Waals surface area (Å²) in [4.78, 5) is 19.7. The Kier molecular flexibility index (Phi) is 5.08. The van der Waals surface area contributed by atoms with E-state index in [-0.39, 0.29) is 0 Å². The zero-order valence-corrected chi connectivity index (χ0v) is 14.7. The van der Waals surface area contributed by atoms with Gasteiger partial charge in [-0.2, -0.15) is 0 Å². The number of hydrogen-bond acceptors (Lipinski definition) is 5. The van der Waals surface area contributed by atoms with Crippen molar-refractivity contribution in [1.29, 1.82) is 0 Å². The second-order valence-corrected chi connectivity index (χ2v) is 6.61. The largest absolute Gasteiger partial charge is 0.490 e. The maximum atomic E-state index is 11.0. The number of carbonyl (C=O) groups is 1. The molecule has 0 radical (unpaired) electrons. The maximum absolute atomic E-state index is 11.0. The average Bonchev–Trinajstić information content (AvgIpc) is 3.14. The van der Waals surface area contributed by atoms with Gasteiger partial charge >= 0.3 is 6.09 Å². The van der Waals surface area contributed by atoms with Crippen LogP contribution in [0.25, 0.3) is 0 Å². The Balaban J connectivity index is 1.80. The minimum atomic E-state index is -0.935. The predicted octanol–water partition coefficient (Wildman–Crippen LogP) is 2.59. The van der Waals surface area contributed by atoms with E-state index in [1.54, 1.807) is 18.4 Å². The number of benzene rings is 1. The van der Waals surface area contributed by atoms with Gasteiger partial charge < -0.3 is 25.4 Å². The number of nitrogens with zero attached hydrogens (tertiary/aromatic N) is 3. The third-order valence-electron chi connectivity index (χ3n) is 3.96. The summed E-state index contributed by atoms with van der Waals surface area (Å²) < 4.78 is 5.69. The molecule has 3 rings (SSSR count). The lowest BCUT2D eigenvalue weighted by Gasteiger charge is -2.32. The monoisotopic (exact) mass is 360 g/mol. The van der Waals surface area contributed by atoms with Crippen molar-refractivity contribution in [1.82, 2.24) is 4.90 Å². The Morgan fingerprint density at radius 2 is 2.32 bits per heavy atom. The van der Waals surface area contributed by atoms with Crippen molar-refractivity contribution in [2.45, 2.75) is 0 Å². The molecule has 1 aliphatic heterocycles. The van der Waals surface area contributed by atoms with Crippen LogP contribution in [0.3, 0.4) is 0 Å². The number of fused-ring (bicyclic) bond motifs is 1. The molecule has 2 aromatic rings. The summed E-state index contributed by atoms with van der Waals surface area (Å²) in [6.45, 7) is 2.28. The van der Waals surface area contributed by atoms with Gasteiger partial charge in [0.15, 0.2) is 0 Å². The van der Waals surface area contributed by atoms with Gasteiger partial charge in [-0.1, -0.05) is 6.07 Å². The molecule has 3 N–H and O–H groups in total. The van der Waals surface area contributed by atoms with E-state index in [2.05, 4.69) is 9.89 Å². The van der Waals surface area contributed by atoms with E-state index in [1.165, 1.54) is 4.90 Å². The summed E-state index contributed by atoms with van der Waals surface area (Å²) in [5.41, 5.74) is 7.71. The SMILES string of the molecule is CN(CCN1CCOc2ccc(N=C(N)c3cccs3)cc21)C(=O)O. The second kappa shape index (κ2) is 7.43. The molecule has 0 bridgehead atoms. The van der Waals surface area contributed by atoms with Crippen LogP contribution in [0.5, 0.6) is 5.75 Å². The Morgan fingerprint density at radius 3 is 3.04 bits per heavy atom. The Labute approximate surface area is 150 Å². The molecule has 0 unspecified atom stereocenters. The first kappa shape index (κ1) is 17.1. The number of nitrogens with two attached hydrogens (primary N) is 1. The molecule has 0 spiro atoms. The first-order chi connectivity index (χ1) is 12.0. The Morgan fingerprint density at radius 1 is 1.48 bits per heavy atom. The highest BCUT2D eigenvalue weighted by molar-refractivity contribution is 7.12. The fraction of sp³-hybridized carbons (Fsp3) is 0.294. The summed E-state index contributed by atoms with van der Waals surface area (Å²) >= 11 is 1.54. The summed E-state index contributed by atoms with van der Waals surface area (Å²) in [6, 6.07) is 9.54. The third-order valence-corrected chi connectivity index (χ3v) is 4.85. The molecule has 8 heteroatoms. The van der Waals surface area contributed by atoms with Crippen molar-refractivity contribution in [3.05, 3.63) is 40.6 Å². The third kappa shape index (κ3) is 4.03. The molecular formula is C17H20N4O3S. The zero-order chi connectivity index (χ0) is 17.8. The maximum Gasteiger partial charge on any atom is 0.407 e. The van der Waals surface area contributed by atoms with Gasteiger partial charge in [0.1, 0.15) is 18.2 Å². The van der Waals surface area contributed by atoms with Crippen molar-refractivity contribution in [3.8, 4) is 5.75 Å². The lowest BCUT2D eigenvalue weighted by Crippen LogP contribution is -2.39. The van der Waals surface area contributed by atoms with Crippen molar-refractivity contribution in [3.63, 3.8) is 0 Å². The van der Waals surface area contributed by atoms with Crippen LogP contribution >= 0.6 is 11.3 Å². The van der Waals surface area contributed by atoms with E-state index in [1.807, 2.05) is 35.7 Å². The fourth-order valence-electron chi connectivity index (χ4n) is 2.55. The van der Waals surface area contributed by atoms with Crippen LogP contribution in [0.15, 0.2) is 40.7 Å². The topological polar surface area (TPSA) is 91.4 Å². The number of hydrogen-bond donors (Lipinski definition) is 2. The highest BCUT2D eigenvalue weighted by Crippen LogP contribution is 2.35. The first-order valence-corrected chi connectivity index (χ1v) is 8.76. The van der Waals surface area contributed by atoms with Crippen molar-refractivity contribution in [2.75, 3.05) is 38.2 Å². The molecule has 0 saturated heterocycles. The normalized spacial score (nSPS) is 14.0. The molecule has 1 amide bonds. The summed E-state index contributed by atoms with van der Waals surface area (Å²) in [5.74, 6) is 1.25. The molecular weight excluding hydrogens is 340 g/mol. The number of carboxylic acid groups (broad SMARTS) is 1. The molecule has 0 fully saturated rings. The molecule has 132 valence electrons. The molecule has 1 aromatic heterocycles. The van der Waals surface area contributed by atoms with Crippen LogP contribution in [0.1, 0.15) is 4.88 Å². The highest BCUT2D eigenvalue weighted by Gasteiger charge is 2.19. The Bertz CT molecular complexity index is 776. The van der Waals surface area contributed by atoms with Crippen LogP contribution < -0.4 is 15.4 Å². The van der Waals surface area contributed by atoms with Crippen molar-refractivity contribution in [2.24, 2.45) is 10.7 Å².